The molecule has 20 heavy (non-hydrogen) atoms. The molecule has 0 aliphatic carbocycles. The highest BCUT2D eigenvalue weighted by Gasteiger charge is 2.09. The molecule has 2 rings (SSSR count). The van der Waals surface area contributed by atoms with Gasteiger partial charge in [-0.2, -0.15) is 4.57 Å². The van der Waals surface area contributed by atoms with Gasteiger partial charge < -0.3 is 9.90 Å². The number of aromatic carboxylic acids is 1. The largest absolute Gasteiger partial charge is 0.539 e. The summed E-state index contributed by atoms with van der Waals surface area (Å²) in [5.74, 6) is -1.12. The molecule has 1 heterocycles. The van der Waals surface area contributed by atoms with Crippen LogP contribution in [-0.4, -0.2) is 5.97 Å². The van der Waals surface area contributed by atoms with Crippen molar-refractivity contribution in [2.24, 2.45) is 0 Å². The number of aryl methyl sites for hydroxylation is 2. The Bertz CT molecular complexity index is 552. The van der Waals surface area contributed by atoms with Crippen molar-refractivity contribution in [3.63, 3.8) is 0 Å². The third-order valence-corrected chi connectivity index (χ3v) is 3.36. The van der Waals surface area contributed by atoms with Gasteiger partial charge in [0.1, 0.15) is 12.5 Å². The van der Waals surface area contributed by atoms with Crippen LogP contribution >= 0.6 is 0 Å². The van der Waals surface area contributed by atoms with E-state index in [4.69, 9.17) is 0 Å². The Hall–Kier alpha value is -2.16. The number of carbonyl (C=O) groups is 1. The monoisotopic (exact) mass is 269 g/mol. The molecule has 3 nitrogen and oxygen atoms in total. The molecule has 0 amide bonds. The minimum absolute atomic E-state index is 0.246. The molecule has 0 saturated carbocycles. The van der Waals surface area contributed by atoms with E-state index < -0.39 is 5.97 Å². The molecule has 2 aromatic rings. The average Bonchev–Trinajstić information content (AvgIpc) is 2.48. The topological polar surface area (TPSA) is 44.0 Å². The Morgan fingerprint density at radius 3 is 2.45 bits per heavy atom. The van der Waals surface area contributed by atoms with E-state index in [1.807, 2.05) is 12.1 Å². The molecule has 0 fully saturated rings. The van der Waals surface area contributed by atoms with Crippen LogP contribution < -0.4 is 9.67 Å². The summed E-state index contributed by atoms with van der Waals surface area (Å²) in [7, 11) is 0. The summed E-state index contributed by atoms with van der Waals surface area (Å²) >= 11 is 0. The van der Waals surface area contributed by atoms with Crippen molar-refractivity contribution < 1.29 is 14.5 Å². The van der Waals surface area contributed by atoms with Crippen LogP contribution in [0.4, 0.5) is 0 Å². The molecule has 1 aromatic carbocycles. The lowest BCUT2D eigenvalue weighted by Crippen LogP contribution is -2.44. The van der Waals surface area contributed by atoms with Gasteiger partial charge in [0.15, 0.2) is 6.20 Å². The van der Waals surface area contributed by atoms with Crippen LogP contribution in [0.5, 0.6) is 0 Å². The van der Waals surface area contributed by atoms with Crippen molar-refractivity contribution in [3.8, 4) is 0 Å². The van der Waals surface area contributed by atoms with Gasteiger partial charge in [0.05, 0.1) is 0 Å². The van der Waals surface area contributed by atoms with E-state index in [1.165, 1.54) is 5.56 Å². The first kappa shape index (κ1) is 14.3. The first-order chi connectivity index (χ1) is 9.77. The predicted octanol–water partition coefficient (Wildman–Crippen LogP) is 1.75. The summed E-state index contributed by atoms with van der Waals surface area (Å²) in [6.07, 6.45) is 6.05. The van der Waals surface area contributed by atoms with Crippen LogP contribution in [0.3, 0.4) is 0 Å². The lowest BCUT2D eigenvalue weighted by Gasteiger charge is -2.04. The number of carboxylic acid groups (broad SMARTS) is 1. The van der Waals surface area contributed by atoms with Crippen molar-refractivity contribution in [2.75, 3.05) is 0 Å². The number of hydrogen-bond donors (Lipinski definition) is 0. The van der Waals surface area contributed by atoms with Gasteiger partial charge in [0.2, 0.25) is 5.69 Å². The van der Waals surface area contributed by atoms with Crippen LogP contribution in [0.1, 0.15) is 35.3 Å². The SMILES string of the molecule is O=C([O-])c1cccc[n+]1CCCCCc1ccccc1. The Morgan fingerprint density at radius 2 is 1.70 bits per heavy atom. The Balaban J connectivity index is 1.75. The highest BCUT2D eigenvalue weighted by atomic mass is 16.4. The van der Waals surface area contributed by atoms with Crippen molar-refractivity contribution in [1.29, 1.82) is 0 Å². The van der Waals surface area contributed by atoms with Crippen LogP contribution in [0.25, 0.3) is 0 Å². The number of carbonyl (C=O) groups excluding carboxylic acids is 1. The molecule has 0 unspecified atom stereocenters. The highest BCUT2D eigenvalue weighted by Crippen LogP contribution is 2.06. The zero-order valence-corrected chi connectivity index (χ0v) is 11.5. The number of pyridine rings is 1. The molecule has 0 N–H and O–H groups in total. The number of unbranched alkanes of at least 4 members (excludes halogenated alkanes) is 2. The number of aromatic nitrogens is 1. The fraction of sp³-hybridized carbons (Fsp3) is 0.294. The van der Waals surface area contributed by atoms with Gasteiger partial charge >= 0.3 is 0 Å². The maximum absolute atomic E-state index is 11.0. The van der Waals surface area contributed by atoms with E-state index in [-0.39, 0.29) is 5.69 Å². The number of carboxylic acids is 1. The lowest BCUT2D eigenvalue weighted by atomic mass is 10.1. The Labute approximate surface area is 119 Å². The fourth-order valence-electron chi connectivity index (χ4n) is 2.29. The zero-order chi connectivity index (χ0) is 14.2. The Kier molecular flexibility index (Phi) is 5.30. The zero-order valence-electron chi connectivity index (χ0n) is 11.5. The van der Waals surface area contributed by atoms with E-state index in [2.05, 4.69) is 24.3 Å². The number of benzene rings is 1. The summed E-state index contributed by atoms with van der Waals surface area (Å²) < 4.78 is 1.75. The van der Waals surface area contributed by atoms with E-state index in [0.29, 0.717) is 0 Å². The van der Waals surface area contributed by atoms with Crippen LogP contribution in [0.2, 0.25) is 0 Å². The van der Waals surface area contributed by atoms with E-state index in [9.17, 15) is 9.90 Å². The third-order valence-electron chi connectivity index (χ3n) is 3.36. The molecule has 0 saturated heterocycles. The summed E-state index contributed by atoms with van der Waals surface area (Å²) in [4.78, 5) is 11.0. The Morgan fingerprint density at radius 1 is 0.950 bits per heavy atom. The molecule has 0 radical (unpaired) electrons. The summed E-state index contributed by atoms with van der Waals surface area (Å²) in [6, 6.07) is 15.6. The second-order valence-electron chi connectivity index (χ2n) is 4.86. The van der Waals surface area contributed by atoms with Gasteiger partial charge in [-0.05, 0) is 30.9 Å². The van der Waals surface area contributed by atoms with E-state index in [1.54, 1.807) is 22.9 Å². The molecular formula is C17H19NO2. The summed E-state index contributed by atoms with van der Waals surface area (Å²) in [6.45, 7) is 0.721. The van der Waals surface area contributed by atoms with E-state index >= 15 is 0 Å². The lowest BCUT2D eigenvalue weighted by molar-refractivity contribution is -0.701. The minimum Gasteiger partial charge on any atom is -0.539 e. The molecule has 1 aromatic heterocycles. The number of nitrogens with zero attached hydrogens (tertiary/aromatic N) is 1. The summed E-state index contributed by atoms with van der Waals surface area (Å²) in [5, 5.41) is 11.0. The second kappa shape index (κ2) is 7.43. The molecule has 0 aliphatic rings. The number of rotatable bonds is 7. The molecule has 0 spiro atoms. The maximum Gasteiger partial charge on any atom is 0.228 e. The highest BCUT2D eigenvalue weighted by molar-refractivity contribution is 5.81. The quantitative estimate of drug-likeness (QED) is 0.568. The molecule has 104 valence electrons. The van der Waals surface area contributed by atoms with Gasteiger partial charge in [-0.25, -0.2) is 0 Å². The van der Waals surface area contributed by atoms with Gasteiger partial charge in [-0.15, -0.1) is 0 Å². The van der Waals surface area contributed by atoms with Crippen molar-refractivity contribution in [1.82, 2.24) is 0 Å². The van der Waals surface area contributed by atoms with Crippen LogP contribution in [-0.2, 0) is 13.0 Å². The molecule has 0 bridgehead atoms. The standard InChI is InChI=1S/C17H19NO2/c19-17(20)16-12-6-8-14-18(16)13-7-2-5-11-15-9-3-1-4-10-15/h1,3-4,6,8-10,12,14H,2,5,7,11,13H2. The van der Waals surface area contributed by atoms with Gasteiger partial charge in [0, 0.05) is 18.6 Å². The fourth-order valence-corrected chi connectivity index (χ4v) is 2.29. The first-order valence-corrected chi connectivity index (χ1v) is 7.01. The second-order valence-corrected chi connectivity index (χ2v) is 4.86. The van der Waals surface area contributed by atoms with Gasteiger partial charge in [-0.1, -0.05) is 30.3 Å². The van der Waals surface area contributed by atoms with Crippen LogP contribution in [0.15, 0.2) is 54.7 Å². The van der Waals surface area contributed by atoms with Crippen molar-refractivity contribution in [2.45, 2.75) is 32.2 Å². The molecular weight excluding hydrogens is 250 g/mol. The molecule has 0 aliphatic heterocycles. The van der Waals surface area contributed by atoms with Crippen LogP contribution in [0, 0.1) is 0 Å². The smallest absolute Gasteiger partial charge is 0.228 e. The third kappa shape index (κ3) is 4.19. The average molecular weight is 269 g/mol. The van der Waals surface area contributed by atoms with Gasteiger partial charge in [-0.3, -0.25) is 0 Å². The van der Waals surface area contributed by atoms with Crippen molar-refractivity contribution in [3.05, 3.63) is 66.0 Å². The van der Waals surface area contributed by atoms with E-state index in [0.717, 1.165) is 32.2 Å². The number of hydrogen-bond acceptors (Lipinski definition) is 2. The van der Waals surface area contributed by atoms with Gasteiger partial charge in [0.25, 0.3) is 0 Å². The first-order valence-electron chi connectivity index (χ1n) is 7.01. The molecule has 0 atom stereocenters. The minimum atomic E-state index is -1.12. The summed E-state index contributed by atoms with van der Waals surface area (Å²) in [5.41, 5.74) is 1.60. The normalized spacial score (nSPS) is 10.4. The predicted molar refractivity (Wildman–Crippen MR) is 75.0 cm³/mol. The van der Waals surface area contributed by atoms with Crippen molar-refractivity contribution >= 4 is 5.97 Å². The molecule has 3 heteroatoms. The maximum atomic E-state index is 11.0.